The Morgan fingerprint density at radius 3 is 2.64 bits per heavy atom. The molecule has 0 saturated carbocycles. The van der Waals surface area contributed by atoms with E-state index in [1.165, 1.54) is 5.56 Å². The van der Waals surface area contributed by atoms with Crippen LogP contribution < -0.4 is 10.5 Å². The van der Waals surface area contributed by atoms with Crippen LogP contribution in [0.1, 0.15) is 5.56 Å². The average Bonchev–Trinajstić information content (AvgIpc) is 2.18. The van der Waals surface area contributed by atoms with Gasteiger partial charge in [0.25, 0.3) is 0 Å². The highest BCUT2D eigenvalue weighted by Crippen LogP contribution is 2.31. The van der Waals surface area contributed by atoms with Crippen molar-refractivity contribution in [2.75, 3.05) is 12.8 Å². The van der Waals surface area contributed by atoms with Crippen molar-refractivity contribution in [2.24, 2.45) is 0 Å². The molecule has 0 bridgehead atoms. The molecule has 2 rings (SSSR count). The van der Waals surface area contributed by atoms with Crippen molar-refractivity contribution < 1.29 is 4.74 Å². The summed E-state index contributed by atoms with van der Waals surface area (Å²) >= 11 is 0. The molecular formula is C12H13NO. The number of hydrogen-bond donors (Lipinski definition) is 1. The standard InChI is InChI=1S/C12H13NO/c1-8-4-3-5-9-11(14-2)7-6-10(13)12(8)9/h3-7H,13H2,1-2H3. The molecule has 0 aliphatic heterocycles. The van der Waals surface area contributed by atoms with Gasteiger partial charge in [0.1, 0.15) is 5.75 Å². The highest BCUT2D eigenvalue weighted by atomic mass is 16.5. The molecule has 2 N–H and O–H groups in total. The highest BCUT2D eigenvalue weighted by Gasteiger charge is 2.05. The van der Waals surface area contributed by atoms with Crippen molar-refractivity contribution >= 4 is 16.5 Å². The number of rotatable bonds is 1. The predicted octanol–water partition coefficient (Wildman–Crippen LogP) is 2.74. The van der Waals surface area contributed by atoms with Gasteiger partial charge in [-0.3, -0.25) is 0 Å². The molecule has 0 unspecified atom stereocenters. The largest absolute Gasteiger partial charge is 0.496 e. The Morgan fingerprint density at radius 2 is 1.93 bits per heavy atom. The zero-order valence-electron chi connectivity index (χ0n) is 8.37. The number of aryl methyl sites for hydroxylation is 1. The van der Waals surface area contributed by atoms with Crippen LogP contribution in [0.3, 0.4) is 0 Å². The van der Waals surface area contributed by atoms with Crippen molar-refractivity contribution in [3.8, 4) is 5.75 Å². The first-order valence-corrected chi connectivity index (χ1v) is 4.56. The summed E-state index contributed by atoms with van der Waals surface area (Å²) in [4.78, 5) is 0. The third-order valence-corrected chi connectivity index (χ3v) is 2.46. The van der Waals surface area contributed by atoms with Crippen LogP contribution in [0.15, 0.2) is 30.3 Å². The predicted molar refractivity (Wildman–Crippen MR) is 59.6 cm³/mol. The van der Waals surface area contributed by atoms with Gasteiger partial charge in [0.2, 0.25) is 0 Å². The number of anilines is 1. The zero-order chi connectivity index (χ0) is 10.1. The van der Waals surface area contributed by atoms with E-state index in [0.29, 0.717) is 0 Å². The second-order valence-corrected chi connectivity index (χ2v) is 3.35. The lowest BCUT2D eigenvalue weighted by Gasteiger charge is -2.09. The molecule has 0 atom stereocenters. The first-order chi connectivity index (χ1) is 6.74. The molecule has 2 aromatic rings. The van der Waals surface area contributed by atoms with Crippen molar-refractivity contribution in [1.82, 2.24) is 0 Å². The Labute approximate surface area is 83.3 Å². The van der Waals surface area contributed by atoms with E-state index in [4.69, 9.17) is 10.5 Å². The fourth-order valence-electron chi connectivity index (χ4n) is 1.77. The lowest BCUT2D eigenvalue weighted by Crippen LogP contribution is -1.92. The molecule has 0 heterocycles. The molecular weight excluding hydrogens is 174 g/mol. The maximum absolute atomic E-state index is 5.93. The van der Waals surface area contributed by atoms with Gasteiger partial charge in [-0.05, 0) is 24.6 Å². The minimum absolute atomic E-state index is 0.805. The first kappa shape index (κ1) is 8.88. The summed E-state index contributed by atoms with van der Waals surface area (Å²) < 4.78 is 5.28. The number of ether oxygens (including phenoxy) is 1. The van der Waals surface area contributed by atoms with Gasteiger partial charge in [-0.25, -0.2) is 0 Å². The van der Waals surface area contributed by atoms with Crippen molar-refractivity contribution in [3.05, 3.63) is 35.9 Å². The van der Waals surface area contributed by atoms with Crippen LogP contribution in [0.2, 0.25) is 0 Å². The quantitative estimate of drug-likeness (QED) is 0.697. The summed E-state index contributed by atoms with van der Waals surface area (Å²) in [6.07, 6.45) is 0. The van der Waals surface area contributed by atoms with Crippen molar-refractivity contribution in [3.63, 3.8) is 0 Å². The molecule has 2 heteroatoms. The molecule has 2 aromatic carbocycles. The maximum atomic E-state index is 5.93. The summed E-state index contributed by atoms with van der Waals surface area (Å²) in [6.45, 7) is 2.05. The van der Waals surface area contributed by atoms with Crippen LogP contribution in [-0.2, 0) is 0 Å². The summed E-state index contributed by atoms with van der Waals surface area (Å²) in [7, 11) is 1.67. The average molecular weight is 187 g/mol. The number of fused-ring (bicyclic) bond motifs is 1. The van der Waals surface area contributed by atoms with Gasteiger partial charge in [-0.15, -0.1) is 0 Å². The normalized spacial score (nSPS) is 10.4. The van der Waals surface area contributed by atoms with Gasteiger partial charge in [0.15, 0.2) is 0 Å². The second kappa shape index (κ2) is 3.22. The number of hydrogen-bond acceptors (Lipinski definition) is 2. The summed E-state index contributed by atoms with van der Waals surface area (Å²) in [5, 5.41) is 2.17. The van der Waals surface area contributed by atoms with Gasteiger partial charge < -0.3 is 10.5 Å². The molecule has 0 spiro atoms. The van der Waals surface area contributed by atoms with Crippen LogP contribution in [0.4, 0.5) is 5.69 Å². The van der Waals surface area contributed by atoms with E-state index in [9.17, 15) is 0 Å². The van der Waals surface area contributed by atoms with Gasteiger partial charge in [-0.1, -0.05) is 18.2 Å². The number of nitrogens with two attached hydrogens (primary N) is 1. The van der Waals surface area contributed by atoms with E-state index in [1.54, 1.807) is 7.11 Å². The van der Waals surface area contributed by atoms with Crippen molar-refractivity contribution in [2.45, 2.75) is 6.92 Å². The van der Waals surface area contributed by atoms with Crippen LogP contribution in [0.25, 0.3) is 10.8 Å². The highest BCUT2D eigenvalue weighted by molar-refractivity contribution is 5.99. The zero-order valence-corrected chi connectivity index (χ0v) is 8.37. The Morgan fingerprint density at radius 1 is 1.14 bits per heavy atom. The summed E-state index contributed by atoms with van der Waals surface area (Å²) in [5.74, 6) is 0.873. The van der Waals surface area contributed by atoms with E-state index >= 15 is 0 Å². The molecule has 0 aliphatic rings. The second-order valence-electron chi connectivity index (χ2n) is 3.35. The van der Waals surface area contributed by atoms with Crippen LogP contribution in [0.5, 0.6) is 5.75 Å². The number of methoxy groups -OCH3 is 1. The fourth-order valence-corrected chi connectivity index (χ4v) is 1.77. The number of nitrogen functional groups attached to an aromatic ring is 1. The Hall–Kier alpha value is -1.70. The first-order valence-electron chi connectivity index (χ1n) is 4.56. The Bertz CT molecular complexity index is 469. The smallest absolute Gasteiger partial charge is 0.126 e. The molecule has 72 valence electrons. The SMILES string of the molecule is COc1ccc(N)c2c(C)cccc12. The minimum Gasteiger partial charge on any atom is -0.496 e. The van der Waals surface area contributed by atoms with E-state index in [-0.39, 0.29) is 0 Å². The molecule has 0 aliphatic carbocycles. The topological polar surface area (TPSA) is 35.2 Å². The van der Waals surface area contributed by atoms with E-state index in [2.05, 4.69) is 13.0 Å². The van der Waals surface area contributed by atoms with Crippen LogP contribution >= 0.6 is 0 Å². The molecule has 14 heavy (non-hydrogen) atoms. The van der Waals surface area contributed by atoms with Gasteiger partial charge in [-0.2, -0.15) is 0 Å². The van der Waals surface area contributed by atoms with E-state index in [0.717, 1.165) is 22.2 Å². The molecule has 0 amide bonds. The molecule has 0 radical (unpaired) electrons. The monoisotopic (exact) mass is 187 g/mol. The summed E-state index contributed by atoms with van der Waals surface area (Å²) in [5.41, 5.74) is 7.91. The van der Waals surface area contributed by atoms with Gasteiger partial charge in [0, 0.05) is 16.5 Å². The lowest BCUT2D eigenvalue weighted by atomic mass is 10.0. The summed E-state index contributed by atoms with van der Waals surface area (Å²) in [6, 6.07) is 9.88. The molecule has 0 saturated heterocycles. The van der Waals surface area contributed by atoms with Crippen LogP contribution in [-0.4, -0.2) is 7.11 Å². The van der Waals surface area contributed by atoms with Crippen molar-refractivity contribution in [1.29, 1.82) is 0 Å². The Kier molecular flexibility index (Phi) is 2.04. The van der Waals surface area contributed by atoms with Gasteiger partial charge >= 0.3 is 0 Å². The maximum Gasteiger partial charge on any atom is 0.126 e. The molecule has 0 aromatic heterocycles. The Balaban J connectivity index is 2.91. The number of benzene rings is 2. The van der Waals surface area contributed by atoms with E-state index < -0.39 is 0 Å². The van der Waals surface area contributed by atoms with Gasteiger partial charge in [0.05, 0.1) is 7.11 Å². The molecule has 2 nitrogen and oxygen atoms in total. The lowest BCUT2D eigenvalue weighted by molar-refractivity contribution is 0.420. The van der Waals surface area contributed by atoms with E-state index in [1.807, 2.05) is 24.3 Å². The third-order valence-electron chi connectivity index (χ3n) is 2.46. The minimum atomic E-state index is 0.805. The molecule has 0 fully saturated rings. The fraction of sp³-hybridized carbons (Fsp3) is 0.167. The third kappa shape index (κ3) is 1.20. The van der Waals surface area contributed by atoms with Crippen LogP contribution in [0, 0.1) is 6.92 Å².